The van der Waals surface area contributed by atoms with Gasteiger partial charge in [0.15, 0.2) is 23.3 Å². The van der Waals surface area contributed by atoms with Crippen LogP contribution in [0.15, 0.2) is 103 Å². The molecular formula is C36H21F4N3O2. The van der Waals surface area contributed by atoms with Crippen LogP contribution in [-0.2, 0) is 0 Å². The molecule has 0 aliphatic rings. The Morgan fingerprint density at radius 2 is 0.889 bits per heavy atom. The summed E-state index contributed by atoms with van der Waals surface area (Å²) in [6.07, 6.45) is 0. The maximum atomic E-state index is 13.5. The van der Waals surface area contributed by atoms with E-state index in [0.29, 0.717) is 22.5 Å². The number of rotatable bonds is 4. The van der Waals surface area contributed by atoms with Crippen molar-refractivity contribution < 1.29 is 27.2 Å². The Bertz CT molecular complexity index is 1940. The van der Waals surface area contributed by atoms with Gasteiger partial charge in [0.25, 0.3) is 11.8 Å². The lowest BCUT2D eigenvalue weighted by Crippen LogP contribution is -2.16. The van der Waals surface area contributed by atoms with Crippen molar-refractivity contribution in [2.45, 2.75) is 0 Å². The third kappa shape index (κ3) is 7.95. The first-order valence-electron chi connectivity index (χ1n) is 13.3. The summed E-state index contributed by atoms with van der Waals surface area (Å²) < 4.78 is 53.2. The summed E-state index contributed by atoms with van der Waals surface area (Å²) in [5.41, 5.74) is 8.87. The number of nitrogens with one attached hydrogen (secondary N) is 2. The number of carbonyl (C=O) groups excluding carboxylic acids is 2. The quantitative estimate of drug-likeness (QED) is 0.116. The summed E-state index contributed by atoms with van der Waals surface area (Å²) in [7, 11) is 0. The van der Waals surface area contributed by atoms with E-state index in [0.717, 1.165) is 24.3 Å². The number of benzene rings is 5. The minimum atomic E-state index is -1.00. The second kappa shape index (κ2) is 13.3. The van der Waals surface area contributed by atoms with E-state index in [9.17, 15) is 27.2 Å². The molecule has 45 heavy (non-hydrogen) atoms. The molecule has 0 aliphatic carbocycles. The average molecular weight is 604 g/mol. The highest BCUT2D eigenvalue weighted by Crippen LogP contribution is 2.19. The molecule has 220 valence electrons. The van der Waals surface area contributed by atoms with Gasteiger partial charge in [-0.15, -0.1) is 0 Å². The second-order valence-electron chi connectivity index (χ2n) is 9.67. The largest absolute Gasteiger partial charge is 0.399 e. The van der Waals surface area contributed by atoms with E-state index in [-0.39, 0.29) is 27.9 Å². The van der Waals surface area contributed by atoms with Gasteiger partial charge in [0.05, 0.1) is 0 Å². The van der Waals surface area contributed by atoms with Crippen LogP contribution in [0.25, 0.3) is 0 Å². The van der Waals surface area contributed by atoms with E-state index in [1.807, 2.05) is 0 Å². The van der Waals surface area contributed by atoms with E-state index in [4.69, 9.17) is 5.73 Å². The zero-order chi connectivity index (χ0) is 31.9. The first-order valence-corrected chi connectivity index (χ1v) is 13.3. The zero-order valence-corrected chi connectivity index (χ0v) is 23.2. The van der Waals surface area contributed by atoms with Gasteiger partial charge in [-0.25, -0.2) is 17.6 Å². The SMILES string of the molecule is Nc1cc(C(=O)Nc2cccc(C#Cc3ccc(F)c(F)c3)c2)cc(C(=O)Nc2cccc(C#Cc3ccc(F)c(F)c3)c2)c1. The molecule has 0 fully saturated rings. The molecule has 0 saturated heterocycles. The number of anilines is 3. The highest BCUT2D eigenvalue weighted by Gasteiger charge is 2.14. The van der Waals surface area contributed by atoms with Gasteiger partial charge < -0.3 is 16.4 Å². The molecule has 5 rings (SSSR count). The van der Waals surface area contributed by atoms with Crippen LogP contribution >= 0.6 is 0 Å². The molecule has 0 radical (unpaired) electrons. The molecular weight excluding hydrogens is 582 g/mol. The summed E-state index contributed by atoms with van der Waals surface area (Å²) in [6, 6.07) is 24.1. The first kappa shape index (κ1) is 30.1. The van der Waals surface area contributed by atoms with E-state index in [2.05, 4.69) is 34.3 Å². The molecule has 5 nitrogen and oxygen atoms in total. The van der Waals surface area contributed by atoms with Crippen molar-refractivity contribution in [2.75, 3.05) is 16.4 Å². The topological polar surface area (TPSA) is 84.2 Å². The first-order chi connectivity index (χ1) is 21.6. The highest BCUT2D eigenvalue weighted by atomic mass is 19.2. The summed E-state index contributed by atoms with van der Waals surface area (Å²) >= 11 is 0. The van der Waals surface area contributed by atoms with Gasteiger partial charge in [0.2, 0.25) is 0 Å². The molecule has 0 saturated carbocycles. The number of nitrogen functional groups attached to an aromatic ring is 1. The van der Waals surface area contributed by atoms with Crippen molar-refractivity contribution in [3.63, 3.8) is 0 Å². The van der Waals surface area contributed by atoms with Gasteiger partial charge in [-0.3, -0.25) is 9.59 Å². The van der Waals surface area contributed by atoms with Crippen molar-refractivity contribution in [1.82, 2.24) is 0 Å². The number of hydrogen-bond acceptors (Lipinski definition) is 3. The Morgan fingerprint density at radius 1 is 0.489 bits per heavy atom. The van der Waals surface area contributed by atoms with Gasteiger partial charge in [-0.2, -0.15) is 0 Å². The van der Waals surface area contributed by atoms with Gasteiger partial charge in [0, 0.05) is 50.4 Å². The van der Waals surface area contributed by atoms with Gasteiger partial charge >= 0.3 is 0 Å². The number of halogens is 4. The average Bonchev–Trinajstić information content (AvgIpc) is 3.02. The van der Waals surface area contributed by atoms with Crippen LogP contribution in [0.5, 0.6) is 0 Å². The van der Waals surface area contributed by atoms with Crippen LogP contribution in [0.4, 0.5) is 34.6 Å². The van der Waals surface area contributed by atoms with Crippen molar-refractivity contribution in [3.8, 4) is 23.7 Å². The number of nitrogens with two attached hydrogens (primary N) is 1. The van der Waals surface area contributed by atoms with Crippen LogP contribution in [0.3, 0.4) is 0 Å². The van der Waals surface area contributed by atoms with Crippen LogP contribution < -0.4 is 16.4 Å². The second-order valence-corrected chi connectivity index (χ2v) is 9.67. The lowest BCUT2D eigenvalue weighted by molar-refractivity contribution is 0.102. The maximum Gasteiger partial charge on any atom is 0.255 e. The predicted octanol–water partition coefficient (Wildman–Crippen LogP) is 7.13. The fourth-order valence-electron chi connectivity index (χ4n) is 4.11. The molecule has 0 unspecified atom stereocenters. The lowest BCUT2D eigenvalue weighted by Gasteiger charge is -2.10. The normalized spacial score (nSPS) is 10.1. The minimum Gasteiger partial charge on any atom is -0.399 e. The molecule has 0 aromatic heterocycles. The van der Waals surface area contributed by atoms with E-state index in [1.165, 1.54) is 30.3 Å². The standard InChI is InChI=1S/C36H21F4N3O2/c37-31-13-11-24(17-33(31)39)9-7-22-3-1-5-29(15-22)42-35(44)26-19-27(21-28(41)20-26)36(45)43-30-6-2-4-23(16-30)8-10-25-12-14-32(38)34(40)18-25/h1-6,11-21H,41H2,(H,42,44)(H,43,45). The summed E-state index contributed by atoms with van der Waals surface area (Å²) in [5.74, 6) is 6.18. The molecule has 5 aromatic rings. The minimum absolute atomic E-state index is 0.129. The van der Waals surface area contributed by atoms with E-state index >= 15 is 0 Å². The van der Waals surface area contributed by atoms with Crippen LogP contribution in [0.2, 0.25) is 0 Å². The molecule has 5 aromatic carbocycles. The zero-order valence-electron chi connectivity index (χ0n) is 23.2. The van der Waals surface area contributed by atoms with Crippen LogP contribution in [0, 0.1) is 47.0 Å². The molecule has 4 N–H and O–H groups in total. The fourth-order valence-corrected chi connectivity index (χ4v) is 4.11. The third-order valence-corrected chi connectivity index (χ3v) is 6.26. The third-order valence-electron chi connectivity index (χ3n) is 6.26. The fraction of sp³-hybridized carbons (Fsp3) is 0. The van der Waals surface area contributed by atoms with E-state index in [1.54, 1.807) is 48.5 Å². The Balaban J connectivity index is 1.28. The number of carbonyl (C=O) groups is 2. The molecule has 9 heteroatoms. The van der Waals surface area contributed by atoms with Crippen LogP contribution in [0.1, 0.15) is 43.0 Å². The van der Waals surface area contributed by atoms with E-state index < -0.39 is 35.1 Å². The monoisotopic (exact) mass is 603 g/mol. The van der Waals surface area contributed by atoms with Gasteiger partial charge in [-0.05, 0) is 91.0 Å². The van der Waals surface area contributed by atoms with Gasteiger partial charge in [0.1, 0.15) is 0 Å². The molecule has 0 atom stereocenters. The van der Waals surface area contributed by atoms with Gasteiger partial charge in [-0.1, -0.05) is 35.8 Å². The van der Waals surface area contributed by atoms with Crippen molar-refractivity contribution >= 4 is 28.9 Å². The van der Waals surface area contributed by atoms with Crippen LogP contribution in [-0.4, -0.2) is 11.8 Å². The molecule has 0 aliphatic heterocycles. The number of hydrogen-bond donors (Lipinski definition) is 3. The summed E-state index contributed by atoms with van der Waals surface area (Å²) in [5, 5.41) is 5.47. The maximum absolute atomic E-state index is 13.5. The molecule has 0 heterocycles. The Kier molecular flexibility index (Phi) is 8.93. The molecule has 0 spiro atoms. The molecule has 0 bridgehead atoms. The smallest absolute Gasteiger partial charge is 0.255 e. The lowest BCUT2D eigenvalue weighted by atomic mass is 10.1. The molecule has 2 amide bonds. The van der Waals surface area contributed by atoms with Crippen molar-refractivity contribution in [2.24, 2.45) is 0 Å². The summed E-state index contributed by atoms with van der Waals surface area (Å²) in [4.78, 5) is 26.1. The van der Waals surface area contributed by atoms with Crippen molar-refractivity contribution in [3.05, 3.63) is 160 Å². The highest BCUT2D eigenvalue weighted by molar-refractivity contribution is 6.09. The Labute approximate surface area is 255 Å². The Hall–Kier alpha value is -6.32. The number of amides is 2. The predicted molar refractivity (Wildman–Crippen MR) is 164 cm³/mol. The Morgan fingerprint density at radius 3 is 1.29 bits per heavy atom. The van der Waals surface area contributed by atoms with Crippen molar-refractivity contribution in [1.29, 1.82) is 0 Å². The summed E-state index contributed by atoms with van der Waals surface area (Å²) in [6.45, 7) is 0.